The van der Waals surface area contributed by atoms with Crippen LogP contribution >= 0.6 is 0 Å². The van der Waals surface area contributed by atoms with Crippen LogP contribution in [0.3, 0.4) is 0 Å². The monoisotopic (exact) mass is 517 g/mol. The van der Waals surface area contributed by atoms with Gasteiger partial charge in [-0.3, -0.25) is 14.4 Å². The minimum atomic E-state index is -1.65. The van der Waals surface area contributed by atoms with Gasteiger partial charge in [-0.15, -0.1) is 0 Å². The highest BCUT2D eigenvalue weighted by Crippen LogP contribution is 2.33. The van der Waals surface area contributed by atoms with Gasteiger partial charge >= 0.3 is 0 Å². The SMILES string of the molecule is CC12Oc3ccc(cc3CC1=O)Cc1nc(ncc1F)Nc1cccc(c1)CCC(=O)NCCCNC2=O. The predicted molar refractivity (Wildman–Crippen MR) is 138 cm³/mol. The Kier molecular flexibility index (Phi) is 7.04. The molecule has 0 spiro atoms. The van der Waals surface area contributed by atoms with Crippen molar-refractivity contribution in [3.63, 3.8) is 0 Å². The number of aryl methyl sites for hydroxylation is 1. The summed E-state index contributed by atoms with van der Waals surface area (Å²) in [7, 11) is 0. The van der Waals surface area contributed by atoms with Gasteiger partial charge in [0, 0.05) is 43.6 Å². The van der Waals surface area contributed by atoms with Crippen molar-refractivity contribution in [2.24, 2.45) is 0 Å². The van der Waals surface area contributed by atoms with Gasteiger partial charge in [0.2, 0.25) is 17.5 Å². The number of Topliss-reactive ketones (excluding diaryl/α,β-unsaturated/α-hetero) is 1. The number of fused-ring (bicyclic) bond motifs is 2. The molecule has 3 aromatic rings. The van der Waals surface area contributed by atoms with Crippen LogP contribution in [0.4, 0.5) is 16.0 Å². The summed E-state index contributed by atoms with van der Waals surface area (Å²) in [5.74, 6) is -0.865. The molecule has 8 bridgehead atoms. The zero-order chi connectivity index (χ0) is 26.7. The van der Waals surface area contributed by atoms with Crippen LogP contribution in [-0.4, -0.2) is 46.3 Å². The van der Waals surface area contributed by atoms with E-state index in [4.69, 9.17) is 4.74 Å². The number of ether oxygens (including phenoxy) is 1. The van der Waals surface area contributed by atoms with E-state index in [1.165, 1.54) is 6.92 Å². The first-order valence-electron chi connectivity index (χ1n) is 12.6. The molecule has 1 atom stereocenters. The van der Waals surface area contributed by atoms with Gasteiger partial charge in [-0.25, -0.2) is 14.4 Å². The maximum absolute atomic E-state index is 14.6. The summed E-state index contributed by atoms with van der Waals surface area (Å²) >= 11 is 0. The van der Waals surface area contributed by atoms with E-state index < -0.39 is 17.3 Å². The number of carbonyl (C=O) groups excluding carboxylic acids is 3. The Balaban J connectivity index is 1.45. The highest BCUT2D eigenvalue weighted by Gasteiger charge is 2.46. The number of hydrogen-bond donors (Lipinski definition) is 3. The predicted octanol–water partition coefficient (Wildman–Crippen LogP) is 2.78. The third-order valence-corrected chi connectivity index (χ3v) is 6.73. The van der Waals surface area contributed by atoms with Crippen LogP contribution in [-0.2, 0) is 33.6 Å². The van der Waals surface area contributed by atoms with Crippen molar-refractivity contribution in [3.05, 3.63) is 76.9 Å². The first kappa shape index (κ1) is 25.3. The van der Waals surface area contributed by atoms with Crippen molar-refractivity contribution in [1.82, 2.24) is 20.6 Å². The summed E-state index contributed by atoms with van der Waals surface area (Å²) in [4.78, 5) is 46.6. The highest BCUT2D eigenvalue weighted by atomic mass is 19.1. The Hall–Kier alpha value is -4.34. The molecule has 38 heavy (non-hydrogen) atoms. The van der Waals surface area contributed by atoms with E-state index in [0.29, 0.717) is 37.1 Å². The molecule has 7 rings (SSSR count). The Morgan fingerprint density at radius 3 is 2.68 bits per heavy atom. The van der Waals surface area contributed by atoms with Crippen LogP contribution in [0.25, 0.3) is 0 Å². The largest absolute Gasteiger partial charge is 0.470 e. The number of carbonyl (C=O) groups is 3. The smallest absolute Gasteiger partial charge is 0.271 e. The molecule has 0 aliphatic carbocycles. The minimum absolute atomic E-state index is 0.0125. The number of rotatable bonds is 0. The van der Waals surface area contributed by atoms with Crippen molar-refractivity contribution in [2.75, 3.05) is 18.4 Å². The molecule has 1 aromatic heterocycles. The number of aromatic nitrogens is 2. The quantitative estimate of drug-likeness (QED) is 0.392. The van der Waals surface area contributed by atoms with Crippen molar-refractivity contribution >= 4 is 29.2 Å². The summed E-state index contributed by atoms with van der Waals surface area (Å²) in [6.07, 6.45) is 2.65. The molecule has 3 N–H and O–H groups in total. The van der Waals surface area contributed by atoms with E-state index in [0.717, 1.165) is 23.0 Å². The van der Waals surface area contributed by atoms with E-state index in [1.54, 1.807) is 18.2 Å². The molecule has 9 nitrogen and oxygen atoms in total. The lowest BCUT2D eigenvalue weighted by molar-refractivity contribution is -0.148. The van der Waals surface area contributed by atoms with E-state index in [1.807, 2.05) is 24.3 Å². The van der Waals surface area contributed by atoms with Crippen LogP contribution < -0.4 is 20.7 Å². The highest BCUT2D eigenvalue weighted by molar-refractivity contribution is 6.11. The summed E-state index contributed by atoms with van der Waals surface area (Å²) < 4.78 is 20.5. The number of halogens is 1. The van der Waals surface area contributed by atoms with Crippen LogP contribution in [0.5, 0.6) is 5.75 Å². The molecule has 1 unspecified atom stereocenters. The van der Waals surface area contributed by atoms with Crippen molar-refractivity contribution in [2.45, 2.75) is 44.6 Å². The minimum Gasteiger partial charge on any atom is -0.470 e. The number of amides is 2. The number of nitrogens with zero attached hydrogens (tertiary/aromatic N) is 2. The van der Waals surface area contributed by atoms with Gasteiger partial charge in [0.15, 0.2) is 11.6 Å². The van der Waals surface area contributed by atoms with Crippen LogP contribution in [0.2, 0.25) is 0 Å². The fraction of sp³-hybridized carbons (Fsp3) is 0.321. The van der Waals surface area contributed by atoms with E-state index in [2.05, 4.69) is 25.9 Å². The third kappa shape index (κ3) is 5.49. The number of hydrogen-bond acceptors (Lipinski definition) is 7. The molecule has 4 aliphatic heterocycles. The summed E-state index contributed by atoms with van der Waals surface area (Å²) in [5, 5.41) is 8.71. The fourth-order valence-corrected chi connectivity index (χ4v) is 4.52. The molecular weight excluding hydrogens is 489 g/mol. The van der Waals surface area contributed by atoms with E-state index in [-0.39, 0.29) is 42.7 Å². The average Bonchev–Trinajstić information content (AvgIpc) is 2.89. The number of nitrogens with one attached hydrogen (secondary N) is 3. The molecule has 196 valence electrons. The Bertz CT molecular complexity index is 1410. The maximum Gasteiger partial charge on any atom is 0.271 e. The average molecular weight is 518 g/mol. The Morgan fingerprint density at radius 2 is 1.82 bits per heavy atom. The molecule has 4 aliphatic rings. The molecule has 0 saturated carbocycles. The van der Waals surface area contributed by atoms with Gasteiger partial charge in [0.25, 0.3) is 5.91 Å². The molecule has 2 aromatic carbocycles. The van der Waals surface area contributed by atoms with Crippen molar-refractivity contribution in [3.8, 4) is 5.75 Å². The number of ketones is 1. The Labute approximate surface area is 219 Å². The first-order valence-corrected chi connectivity index (χ1v) is 12.6. The van der Waals surface area contributed by atoms with Crippen LogP contribution in [0.15, 0.2) is 48.7 Å². The zero-order valence-corrected chi connectivity index (χ0v) is 21.0. The summed E-state index contributed by atoms with van der Waals surface area (Å²) in [6, 6.07) is 12.8. The van der Waals surface area contributed by atoms with Gasteiger partial charge in [0.05, 0.1) is 11.9 Å². The zero-order valence-electron chi connectivity index (χ0n) is 21.0. The summed E-state index contributed by atoms with van der Waals surface area (Å²) in [5.41, 5.74) is 1.59. The lowest BCUT2D eigenvalue weighted by Gasteiger charge is -2.33. The van der Waals surface area contributed by atoms with E-state index in [9.17, 15) is 18.8 Å². The van der Waals surface area contributed by atoms with Crippen LogP contribution in [0, 0.1) is 5.82 Å². The first-order chi connectivity index (χ1) is 18.3. The standard InChI is InChI=1S/C28H28FN5O4/c1-28-24(35)15-19-12-18(6-8-23(19)38-28)14-22-21(29)16-32-27(34-22)33-20-5-2-4-17(13-20)7-9-25(36)30-10-3-11-31-26(28)37/h2,4-6,8,12-13,16H,3,7,9-11,14-15H2,1H3,(H,30,36)(H,31,37)(H,32,33,34). The number of anilines is 2. The molecule has 10 heteroatoms. The topological polar surface area (TPSA) is 122 Å². The lowest BCUT2D eigenvalue weighted by atomic mass is 9.89. The molecular formula is C28H28FN5O4. The second-order valence-electron chi connectivity index (χ2n) is 9.63. The maximum atomic E-state index is 14.6. The summed E-state index contributed by atoms with van der Waals surface area (Å²) in [6.45, 7) is 2.14. The lowest BCUT2D eigenvalue weighted by Crippen LogP contribution is -2.57. The van der Waals surface area contributed by atoms with Gasteiger partial charge in [-0.1, -0.05) is 24.3 Å². The molecule has 2 amide bonds. The fourth-order valence-electron chi connectivity index (χ4n) is 4.52. The van der Waals surface area contributed by atoms with Crippen molar-refractivity contribution < 1.29 is 23.5 Å². The van der Waals surface area contributed by atoms with Gasteiger partial charge in [-0.2, -0.15) is 0 Å². The van der Waals surface area contributed by atoms with Crippen molar-refractivity contribution in [1.29, 1.82) is 0 Å². The van der Waals surface area contributed by atoms with Gasteiger partial charge in [0.1, 0.15) is 5.75 Å². The molecule has 0 fully saturated rings. The van der Waals surface area contributed by atoms with Gasteiger partial charge < -0.3 is 20.7 Å². The second-order valence-corrected chi connectivity index (χ2v) is 9.63. The Morgan fingerprint density at radius 1 is 0.974 bits per heavy atom. The second kappa shape index (κ2) is 10.6. The third-order valence-electron chi connectivity index (χ3n) is 6.73. The van der Waals surface area contributed by atoms with E-state index >= 15 is 0 Å². The molecule has 5 heterocycles. The normalized spacial score (nSPS) is 20.2. The van der Waals surface area contributed by atoms with Gasteiger partial charge in [-0.05, 0) is 49.1 Å². The van der Waals surface area contributed by atoms with Crippen LogP contribution in [0.1, 0.15) is 42.1 Å². The molecule has 0 radical (unpaired) electrons. The number of benzene rings is 2. The molecule has 0 saturated heterocycles.